The third kappa shape index (κ3) is 4.14. The molecule has 1 nitrogen and oxygen atoms in total. The van der Waals surface area contributed by atoms with Crippen molar-refractivity contribution in [2.75, 3.05) is 7.11 Å². The van der Waals surface area contributed by atoms with E-state index < -0.39 is 10.8 Å². The van der Waals surface area contributed by atoms with Gasteiger partial charge in [-0.25, -0.2) is 8.78 Å². The first kappa shape index (κ1) is 19.3. The molecule has 0 aliphatic heterocycles. The predicted molar refractivity (Wildman–Crippen MR) is 96.5 cm³/mol. The van der Waals surface area contributed by atoms with E-state index in [0.29, 0.717) is 5.57 Å². The topological polar surface area (TPSA) is 9.23 Å². The molecule has 1 aliphatic rings. The molecule has 1 aromatic carbocycles. The van der Waals surface area contributed by atoms with Crippen molar-refractivity contribution in [3.05, 3.63) is 64.7 Å². The zero-order valence-corrected chi connectivity index (χ0v) is 15.5. The normalized spacial score (nSPS) is 23.3. The molecule has 0 amide bonds. The van der Waals surface area contributed by atoms with E-state index in [1.54, 1.807) is 7.11 Å². The van der Waals surface area contributed by atoms with Crippen LogP contribution >= 0.6 is 34.8 Å². The van der Waals surface area contributed by atoms with Gasteiger partial charge in [-0.2, -0.15) is 0 Å². The summed E-state index contributed by atoms with van der Waals surface area (Å²) in [5, 5.41) is 0.169. The van der Waals surface area contributed by atoms with Gasteiger partial charge in [0.25, 0.3) is 6.43 Å². The molecule has 1 aliphatic carbocycles. The highest BCUT2D eigenvalue weighted by Gasteiger charge is 2.64. The molecule has 1 fully saturated rings. The van der Waals surface area contributed by atoms with Crippen LogP contribution in [0.3, 0.4) is 0 Å². The zero-order chi connectivity index (χ0) is 18.1. The Morgan fingerprint density at radius 1 is 1.25 bits per heavy atom. The second-order valence-electron chi connectivity index (χ2n) is 5.70. The second-order valence-corrected chi connectivity index (χ2v) is 7.58. The molecule has 0 heterocycles. The first-order chi connectivity index (χ1) is 11.2. The van der Waals surface area contributed by atoms with Gasteiger partial charge in [-0.3, -0.25) is 0 Å². The van der Waals surface area contributed by atoms with Crippen LogP contribution in [0.4, 0.5) is 8.78 Å². The fourth-order valence-electron chi connectivity index (χ4n) is 2.60. The van der Waals surface area contributed by atoms with Crippen molar-refractivity contribution in [3.8, 4) is 5.75 Å². The van der Waals surface area contributed by atoms with Crippen molar-refractivity contribution in [1.82, 2.24) is 0 Å². The van der Waals surface area contributed by atoms with Crippen molar-refractivity contribution >= 4 is 34.8 Å². The van der Waals surface area contributed by atoms with Gasteiger partial charge >= 0.3 is 0 Å². The molecule has 0 N–H and O–H groups in total. The molecule has 1 aromatic rings. The Morgan fingerprint density at radius 2 is 1.83 bits per heavy atom. The van der Waals surface area contributed by atoms with Crippen molar-refractivity contribution in [1.29, 1.82) is 0 Å². The van der Waals surface area contributed by atoms with Gasteiger partial charge in [0.1, 0.15) is 10.1 Å². The minimum absolute atomic E-state index is 0.116. The zero-order valence-electron chi connectivity index (χ0n) is 13.2. The summed E-state index contributed by atoms with van der Waals surface area (Å²) in [7, 11) is 1.59. The van der Waals surface area contributed by atoms with E-state index in [0.717, 1.165) is 11.3 Å². The quantitative estimate of drug-likeness (QED) is 0.397. The van der Waals surface area contributed by atoms with Crippen LogP contribution in [-0.4, -0.2) is 17.9 Å². The average Bonchev–Trinajstić information content (AvgIpc) is 3.09. The van der Waals surface area contributed by atoms with Gasteiger partial charge in [0, 0.05) is 16.9 Å². The molecule has 130 valence electrons. The highest BCUT2D eigenvalue weighted by molar-refractivity contribution is 6.52. The van der Waals surface area contributed by atoms with E-state index >= 15 is 0 Å². The van der Waals surface area contributed by atoms with E-state index in [4.69, 9.17) is 39.5 Å². The van der Waals surface area contributed by atoms with Crippen LogP contribution in [-0.2, 0) is 0 Å². The summed E-state index contributed by atoms with van der Waals surface area (Å²) in [5.41, 5.74) is 1.44. The standard InChI is InChI=1S/C18H17Cl3F2O/c1-10(8-13(19)9-11(2)17(22)23)15-16(18(15,20)21)12-4-6-14(24-3)7-5-12/h4-9,15-17H,1H2,2-3H3/b11-9+,13-8+. The molecule has 6 heteroatoms. The average molecular weight is 394 g/mol. The van der Waals surface area contributed by atoms with Crippen molar-refractivity contribution in [2.24, 2.45) is 5.92 Å². The largest absolute Gasteiger partial charge is 0.497 e. The van der Waals surface area contributed by atoms with Gasteiger partial charge in [-0.1, -0.05) is 30.3 Å². The Morgan fingerprint density at radius 3 is 2.33 bits per heavy atom. The maximum Gasteiger partial charge on any atom is 0.259 e. The SMILES string of the molecule is C=C(/C=C(Cl)\C=C(/C)C(F)F)C1C(c2ccc(OC)cc2)C1(Cl)Cl. The molecule has 0 saturated heterocycles. The highest BCUT2D eigenvalue weighted by atomic mass is 35.5. The molecule has 0 radical (unpaired) electrons. The van der Waals surface area contributed by atoms with Gasteiger partial charge < -0.3 is 4.74 Å². The minimum atomic E-state index is -2.55. The summed E-state index contributed by atoms with van der Waals surface area (Å²) in [6.45, 7) is 5.26. The first-order valence-corrected chi connectivity index (χ1v) is 8.36. The lowest BCUT2D eigenvalue weighted by Crippen LogP contribution is -1.93. The molecular weight excluding hydrogens is 377 g/mol. The van der Waals surface area contributed by atoms with Gasteiger partial charge in [0.2, 0.25) is 0 Å². The smallest absolute Gasteiger partial charge is 0.259 e. The van der Waals surface area contributed by atoms with Gasteiger partial charge in [-0.05, 0) is 47.9 Å². The van der Waals surface area contributed by atoms with E-state index in [1.165, 1.54) is 19.1 Å². The molecule has 2 unspecified atom stereocenters. The second kappa shape index (κ2) is 7.47. The van der Waals surface area contributed by atoms with E-state index in [2.05, 4.69) is 6.58 Å². The summed E-state index contributed by atoms with van der Waals surface area (Å²) in [6.07, 6.45) is 0.196. The number of benzene rings is 1. The lowest BCUT2D eigenvalue weighted by molar-refractivity contribution is 0.190. The minimum Gasteiger partial charge on any atom is -0.497 e. The van der Waals surface area contributed by atoms with Crippen LogP contribution in [0, 0.1) is 5.92 Å². The van der Waals surface area contributed by atoms with Gasteiger partial charge in [0.15, 0.2) is 0 Å². The number of rotatable bonds is 6. The first-order valence-electron chi connectivity index (χ1n) is 7.22. The number of allylic oxidation sites excluding steroid dienone is 5. The fourth-order valence-corrected chi connectivity index (χ4v) is 3.83. The molecule has 24 heavy (non-hydrogen) atoms. The third-order valence-corrected chi connectivity index (χ3v) is 5.12. The lowest BCUT2D eigenvalue weighted by atomic mass is 10.0. The number of hydrogen-bond donors (Lipinski definition) is 0. The summed E-state index contributed by atoms with van der Waals surface area (Å²) in [5.74, 6) is 0.364. The molecule has 1 saturated carbocycles. The van der Waals surface area contributed by atoms with E-state index in [9.17, 15) is 8.78 Å². The van der Waals surface area contributed by atoms with Gasteiger partial charge in [0.05, 0.1) is 7.11 Å². The Labute approximate surface area is 155 Å². The van der Waals surface area contributed by atoms with Crippen molar-refractivity contribution < 1.29 is 13.5 Å². The molecule has 0 aromatic heterocycles. The lowest BCUT2D eigenvalue weighted by Gasteiger charge is -2.03. The number of halogens is 5. The molecule has 0 bridgehead atoms. The highest BCUT2D eigenvalue weighted by Crippen LogP contribution is 2.67. The van der Waals surface area contributed by atoms with E-state index in [-0.39, 0.29) is 22.4 Å². The van der Waals surface area contributed by atoms with Crippen molar-refractivity contribution in [2.45, 2.75) is 23.6 Å². The molecular formula is C18H17Cl3F2O. The number of hydrogen-bond acceptors (Lipinski definition) is 1. The van der Waals surface area contributed by atoms with Crippen LogP contribution in [0.1, 0.15) is 18.4 Å². The van der Waals surface area contributed by atoms with Crippen LogP contribution in [0.15, 0.2) is 59.2 Å². The van der Waals surface area contributed by atoms with Crippen LogP contribution in [0.2, 0.25) is 0 Å². The fraction of sp³-hybridized carbons (Fsp3) is 0.333. The molecule has 2 atom stereocenters. The monoisotopic (exact) mass is 392 g/mol. The summed E-state index contributed by atoms with van der Waals surface area (Å²) < 4.78 is 29.2. The molecule has 0 spiro atoms. The molecule has 2 rings (SSSR count). The predicted octanol–water partition coefficient (Wildman–Crippen LogP) is 6.47. The maximum absolute atomic E-state index is 12.5. The summed E-state index contributed by atoms with van der Waals surface area (Å²) >= 11 is 18.8. The Hall–Kier alpha value is -1.03. The number of methoxy groups -OCH3 is 1. The number of ether oxygens (including phenoxy) is 1. The Bertz CT molecular complexity index is 678. The van der Waals surface area contributed by atoms with Gasteiger partial charge in [-0.15, -0.1) is 23.2 Å². The van der Waals surface area contributed by atoms with E-state index in [1.807, 2.05) is 24.3 Å². The Balaban J connectivity index is 2.16. The maximum atomic E-state index is 12.5. The number of alkyl halides is 4. The van der Waals surface area contributed by atoms with Crippen LogP contribution in [0.25, 0.3) is 0 Å². The van der Waals surface area contributed by atoms with Crippen LogP contribution in [0.5, 0.6) is 5.75 Å². The Kier molecular flexibility index (Phi) is 6.00. The third-order valence-electron chi connectivity index (χ3n) is 3.96. The van der Waals surface area contributed by atoms with Crippen molar-refractivity contribution in [3.63, 3.8) is 0 Å². The van der Waals surface area contributed by atoms with Crippen LogP contribution < -0.4 is 4.74 Å². The summed E-state index contributed by atoms with van der Waals surface area (Å²) in [6, 6.07) is 7.44. The summed E-state index contributed by atoms with van der Waals surface area (Å²) in [4.78, 5) is 0.